The van der Waals surface area contributed by atoms with E-state index < -0.39 is 0 Å². The molecule has 0 aliphatic rings. The van der Waals surface area contributed by atoms with E-state index in [2.05, 4.69) is 33.3 Å². The van der Waals surface area contributed by atoms with Crippen molar-refractivity contribution in [1.29, 1.82) is 0 Å². The van der Waals surface area contributed by atoms with Gasteiger partial charge in [-0.2, -0.15) is 9.36 Å². The quantitative estimate of drug-likeness (QED) is 0.615. The summed E-state index contributed by atoms with van der Waals surface area (Å²) in [6.07, 6.45) is 0.844. The zero-order valence-corrected chi connectivity index (χ0v) is 16.4. The number of benzene rings is 2. The number of ether oxygens (including phenoxy) is 2. The molecule has 0 N–H and O–H groups in total. The largest absolute Gasteiger partial charge is 0.496 e. The number of halogens is 1. The number of tetrazole rings is 1. The van der Waals surface area contributed by atoms with E-state index in [1.165, 1.54) is 9.36 Å². The standard InChI is InChI=1S/C18H19BrN4O3/c1-4-12-10-13(19)8-9-16(12)26-11-14-15(6-5-7-17(14)25-3)23-18(24)22(2)20-21-23/h5-10H,4,11H2,1-3H3. The highest BCUT2D eigenvalue weighted by atomic mass is 79.9. The monoisotopic (exact) mass is 418 g/mol. The second-order valence-electron chi connectivity index (χ2n) is 5.65. The van der Waals surface area contributed by atoms with E-state index in [9.17, 15) is 4.79 Å². The van der Waals surface area contributed by atoms with Crippen LogP contribution in [0, 0.1) is 0 Å². The number of hydrogen-bond donors (Lipinski definition) is 0. The first-order valence-electron chi connectivity index (χ1n) is 8.11. The van der Waals surface area contributed by atoms with Crippen LogP contribution in [-0.4, -0.2) is 26.9 Å². The van der Waals surface area contributed by atoms with Crippen molar-refractivity contribution in [3.63, 3.8) is 0 Å². The fraction of sp³-hybridized carbons (Fsp3) is 0.278. The SMILES string of the molecule is CCc1cc(Br)ccc1OCc1c(OC)cccc1-n1nnn(C)c1=O. The first kappa shape index (κ1) is 18.2. The van der Waals surface area contributed by atoms with Crippen molar-refractivity contribution in [2.45, 2.75) is 20.0 Å². The minimum atomic E-state index is -0.336. The summed E-state index contributed by atoms with van der Waals surface area (Å²) in [5.41, 5.74) is 2.06. The van der Waals surface area contributed by atoms with Gasteiger partial charge in [-0.05, 0) is 52.7 Å². The van der Waals surface area contributed by atoms with Gasteiger partial charge < -0.3 is 9.47 Å². The summed E-state index contributed by atoms with van der Waals surface area (Å²) < 4.78 is 14.9. The maximum Gasteiger partial charge on any atom is 0.368 e. The highest BCUT2D eigenvalue weighted by molar-refractivity contribution is 9.10. The van der Waals surface area contributed by atoms with E-state index in [0.29, 0.717) is 11.4 Å². The lowest BCUT2D eigenvalue weighted by Crippen LogP contribution is -2.23. The molecule has 3 rings (SSSR count). The molecule has 0 unspecified atom stereocenters. The summed E-state index contributed by atoms with van der Waals surface area (Å²) in [5.74, 6) is 1.41. The highest BCUT2D eigenvalue weighted by Gasteiger charge is 2.16. The number of nitrogens with zero attached hydrogens (tertiary/aromatic N) is 4. The molecular weight excluding hydrogens is 400 g/mol. The summed E-state index contributed by atoms with van der Waals surface area (Å²) in [4.78, 5) is 12.2. The lowest BCUT2D eigenvalue weighted by Gasteiger charge is -2.15. The molecule has 0 atom stereocenters. The van der Waals surface area contributed by atoms with E-state index in [1.54, 1.807) is 26.3 Å². The van der Waals surface area contributed by atoms with Crippen molar-refractivity contribution in [3.8, 4) is 17.2 Å². The third-order valence-electron chi connectivity index (χ3n) is 4.05. The zero-order valence-electron chi connectivity index (χ0n) is 14.8. The maximum atomic E-state index is 12.2. The van der Waals surface area contributed by atoms with Crippen molar-refractivity contribution >= 4 is 15.9 Å². The molecule has 7 nitrogen and oxygen atoms in total. The molecule has 0 saturated carbocycles. The van der Waals surface area contributed by atoms with Crippen LogP contribution in [0.2, 0.25) is 0 Å². The van der Waals surface area contributed by atoms with Crippen molar-refractivity contribution in [1.82, 2.24) is 19.8 Å². The summed E-state index contributed by atoms with van der Waals surface area (Å²) in [5, 5.41) is 7.70. The van der Waals surface area contributed by atoms with Gasteiger partial charge in [-0.3, -0.25) is 0 Å². The Morgan fingerprint density at radius 3 is 2.62 bits per heavy atom. The van der Waals surface area contributed by atoms with Crippen LogP contribution in [0.25, 0.3) is 5.69 Å². The molecule has 0 bridgehead atoms. The minimum absolute atomic E-state index is 0.233. The molecule has 0 saturated heterocycles. The first-order valence-corrected chi connectivity index (χ1v) is 8.91. The van der Waals surface area contributed by atoms with Crippen LogP contribution in [0.1, 0.15) is 18.1 Å². The van der Waals surface area contributed by atoms with Crippen molar-refractivity contribution < 1.29 is 9.47 Å². The summed E-state index contributed by atoms with van der Waals surface area (Å²) in [6, 6.07) is 11.3. The van der Waals surface area contributed by atoms with Crippen LogP contribution in [0.4, 0.5) is 0 Å². The van der Waals surface area contributed by atoms with Gasteiger partial charge >= 0.3 is 5.69 Å². The van der Waals surface area contributed by atoms with E-state index in [0.717, 1.165) is 27.8 Å². The van der Waals surface area contributed by atoms with Crippen LogP contribution in [0.15, 0.2) is 45.7 Å². The van der Waals surface area contributed by atoms with Gasteiger partial charge in [0.15, 0.2) is 0 Å². The summed E-state index contributed by atoms with van der Waals surface area (Å²) in [6.45, 7) is 2.30. The molecule has 0 aliphatic heterocycles. The van der Waals surface area contributed by atoms with Gasteiger partial charge in [0.2, 0.25) is 0 Å². The van der Waals surface area contributed by atoms with Gasteiger partial charge in [0.05, 0.1) is 18.4 Å². The van der Waals surface area contributed by atoms with Crippen molar-refractivity contribution in [2.24, 2.45) is 7.05 Å². The maximum absolute atomic E-state index is 12.2. The fourth-order valence-electron chi connectivity index (χ4n) is 2.67. The average molecular weight is 419 g/mol. The summed E-state index contributed by atoms with van der Waals surface area (Å²) >= 11 is 3.48. The van der Waals surface area contributed by atoms with Crippen LogP contribution in [0.3, 0.4) is 0 Å². The molecule has 0 fully saturated rings. The number of aromatic nitrogens is 4. The van der Waals surface area contributed by atoms with E-state index >= 15 is 0 Å². The van der Waals surface area contributed by atoms with Crippen LogP contribution in [0.5, 0.6) is 11.5 Å². The molecule has 8 heteroatoms. The highest BCUT2D eigenvalue weighted by Crippen LogP contribution is 2.28. The Kier molecular flexibility index (Phi) is 5.41. The van der Waals surface area contributed by atoms with Gasteiger partial charge in [-0.15, -0.1) is 0 Å². The molecule has 0 radical (unpaired) electrons. The zero-order chi connectivity index (χ0) is 18.7. The fourth-order valence-corrected chi connectivity index (χ4v) is 3.08. The first-order chi connectivity index (χ1) is 12.5. The van der Waals surface area contributed by atoms with Gasteiger partial charge in [0.1, 0.15) is 18.1 Å². The Bertz CT molecular complexity index is 981. The Labute approximate surface area is 159 Å². The van der Waals surface area contributed by atoms with Gasteiger partial charge in [0.25, 0.3) is 0 Å². The van der Waals surface area contributed by atoms with Crippen LogP contribution < -0.4 is 15.2 Å². The lowest BCUT2D eigenvalue weighted by atomic mass is 10.1. The second-order valence-corrected chi connectivity index (χ2v) is 6.56. The molecule has 2 aromatic carbocycles. The third-order valence-corrected chi connectivity index (χ3v) is 4.55. The normalized spacial score (nSPS) is 10.8. The van der Waals surface area contributed by atoms with E-state index in [1.807, 2.05) is 24.3 Å². The van der Waals surface area contributed by atoms with E-state index in [4.69, 9.17) is 9.47 Å². The lowest BCUT2D eigenvalue weighted by molar-refractivity contribution is 0.293. The smallest absolute Gasteiger partial charge is 0.368 e. The van der Waals surface area contributed by atoms with Crippen molar-refractivity contribution in [2.75, 3.05) is 7.11 Å². The summed E-state index contributed by atoms with van der Waals surface area (Å²) in [7, 11) is 3.14. The molecule has 3 aromatic rings. The Hall–Kier alpha value is -2.61. The van der Waals surface area contributed by atoms with Gasteiger partial charge in [-0.25, -0.2) is 4.79 Å². The van der Waals surface area contributed by atoms with Crippen LogP contribution >= 0.6 is 15.9 Å². The minimum Gasteiger partial charge on any atom is -0.496 e. The predicted molar refractivity (Wildman–Crippen MR) is 101 cm³/mol. The number of rotatable bonds is 6. The number of aryl methyl sites for hydroxylation is 2. The molecule has 0 aliphatic carbocycles. The Morgan fingerprint density at radius 2 is 1.96 bits per heavy atom. The van der Waals surface area contributed by atoms with Crippen LogP contribution in [-0.2, 0) is 20.1 Å². The van der Waals surface area contributed by atoms with Gasteiger partial charge in [-0.1, -0.05) is 28.9 Å². The molecule has 0 amide bonds. The van der Waals surface area contributed by atoms with Gasteiger partial charge in [0, 0.05) is 11.5 Å². The van der Waals surface area contributed by atoms with E-state index in [-0.39, 0.29) is 12.3 Å². The number of methoxy groups -OCH3 is 1. The molecule has 136 valence electrons. The molecule has 26 heavy (non-hydrogen) atoms. The molecule has 1 heterocycles. The molecule has 1 aromatic heterocycles. The predicted octanol–water partition coefficient (Wildman–Crippen LogP) is 2.88. The third kappa shape index (κ3) is 3.50. The Balaban J connectivity index is 1.99. The average Bonchev–Trinajstić information content (AvgIpc) is 2.99. The second kappa shape index (κ2) is 7.74. The topological polar surface area (TPSA) is 71.2 Å². The Morgan fingerprint density at radius 1 is 1.15 bits per heavy atom. The van der Waals surface area contributed by atoms with Crippen molar-refractivity contribution in [3.05, 3.63) is 62.5 Å². The molecule has 0 spiro atoms. The molecular formula is C18H19BrN4O3. The number of hydrogen-bond acceptors (Lipinski definition) is 5.